The van der Waals surface area contributed by atoms with Crippen LogP contribution in [0.4, 0.5) is 0 Å². The van der Waals surface area contributed by atoms with Crippen molar-refractivity contribution in [2.75, 3.05) is 0 Å². The van der Waals surface area contributed by atoms with Crippen molar-refractivity contribution in [2.24, 2.45) is 11.5 Å². The van der Waals surface area contributed by atoms with Crippen LogP contribution in [0.15, 0.2) is 97.1 Å². The lowest BCUT2D eigenvalue weighted by Crippen LogP contribution is -2.20. The van der Waals surface area contributed by atoms with Crippen LogP contribution in [0, 0.1) is 0 Å². The first kappa shape index (κ1) is 24.3. The highest BCUT2D eigenvalue weighted by Gasteiger charge is 2.22. The molecule has 36 heavy (non-hydrogen) atoms. The van der Waals surface area contributed by atoms with E-state index >= 15 is 0 Å². The van der Waals surface area contributed by atoms with Crippen molar-refractivity contribution >= 4 is 23.4 Å². The molecule has 4 N–H and O–H groups in total. The molecular weight excluding hydrogens is 452 g/mol. The SMILES string of the molecule is NC(=O)c1cccc(C(=O)c2ccccc2)c1CCc1c(C(N)=O)cccc1C(=O)c1ccccc1. The second kappa shape index (κ2) is 10.6. The quantitative estimate of drug-likeness (QED) is 0.353. The molecule has 0 radical (unpaired) electrons. The summed E-state index contributed by atoms with van der Waals surface area (Å²) in [7, 11) is 0. The lowest BCUT2D eigenvalue weighted by Gasteiger charge is -2.16. The molecule has 0 atom stereocenters. The first-order valence-electron chi connectivity index (χ1n) is 11.4. The first-order valence-corrected chi connectivity index (χ1v) is 11.4. The number of rotatable bonds is 9. The molecule has 4 aromatic rings. The maximum Gasteiger partial charge on any atom is 0.249 e. The van der Waals surface area contributed by atoms with Crippen molar-refractivity contribution in [3.8, 4) is 0 Å². The summed E-state index contributed by atoms with van der Waals surface area (Å²) in [5, 5.41) is 0. The van der Waals surface area contributed by atoms with Gasteiger partial charge in [0, 0.05) is 33.4 Å². The van der Waals surface area contributed by atoms with Gasteiger partial charge in [0.2, 0.25) is 11.8 Å². The van der Waals surface area contributed by atoms with Crippen LogP contribution < -0.4 is 11.5 Å². The van der Waals surface area contributed by atoms with E-state index in [2.05, 4.69) is 0 Å². The molecule has 0 aliphatic carbocycles. The van der Waals surface area contributed by atoms with Gasteiger partial charge in [0.25, 0.3) is 0 Å². The average Bonchev–Trinajstić information content (AvgIpc) is 2.91. The molecule has 6 nitrogen and oxygen atoms in total. The fraction of sp³-hybridized carbons (Fsp3) is 0.0667. The maximum absolute atomic E-state index is 13.3. The van der Waals surface area contributed by atoms with E-state index in [1.807, 2.05) is 12.1 Å². The number of primary amides is 2. The largest absolute Gasteiger partial charge is 0.366 e. The molecule has 4 rings (SSSR count). The predicted octanol–water partition coefficient (Wildman–Crippen LogP) is 4.13. The standard InChI is InChI=1S/C30H24N2O4/c31-29(35)25-15-7-13-23(27(33)19-9-3-1-4-10-19)21(25)17-18-22-24(14-8-16-26(22)30(32)36)28(34)20-11-5-2-6-12-20/h1-16H,17-18H2,(H2,31,35)(H2,32,36). The van der Waals surface area contributed by atoms with E-state index in [-0.39, 0.29) is 35.5 Å². The molecule has 0 saturated heterocycles. The summed E-state index contributed by atoms with van der Waals surface area (Å²) in [6.07, 6.45) is 0.374. The second-order valence-corrected chi connectivity index (χ2v) is 8.28. The Morgan fingerprint density at radius 2 is 0.778 bits per heavy atom. The summed E-state index contributed by atoms with van der Waals surface area (Å²) >= 11 is 0. The monoisotopic (exact) mass is 476 g/mol. The Labute approximate surface area is 208 Å². The van der Waals surface area contributed by atoms with Crippen LogP contribution in [0.1, 0.15) is 63.7 Å². The summed E-state index contributed by atoms with van der Waals surface area (Å²) in [6.45, 7) is 0. The lowest BCUT2D eigenvalue weighted by atomic mass is 9.87. The average molecular weight is 477 g/mol. The summed E-state index contributed by atoms with van der Waals surface area (Å²) < 4.78 is 0. The van der Waals surface area contributed by atoms with Crippen molar-refractivity contribution in [2.45, 2.75) is 12.8 Å². The van der Waals surface area contributed by atoms with E-state index < -0.39 is 11.8 Å². The molecule has 6 heteroatoms. The highest BCUT2D eigenvalue weighted by Crippen LogP contribution is 2.25. The van der Waals surface area contributed by atoms with Crippen LogP contribution in [0.5, 0.6) is 0 Å². The number of benzene rings is 4. The molecule has 178 valence electrons. The number of ketones is 2. The number of hydrogen-bond donors (Lipinski definition) is 2. The smallest absolute Gasteiger partial charge is 0.249 e. The van der Waals surface area contributed by atoms with Crippen LogP contribution in [0.3, 0.4) is 0 Å². The van der Waals surface area contributed by atoms with Gasteiger partial charge in [-0.15, -0.1) is 0 Å². The second-order valence-electron chi connectivity index (χ2n) is 8.28. The van der Waals surface area contributed by atoms with Gasteiger partial charge in [0.1, 0.15) is 0 Å². The molecular formula is C30H24N2O4. The van der Waals surface area contributed by atoms with Crippen molar-refractivity contribution in [3.63, 3.8) is 0 Å². The van der Waals surface area contributed by atoms with E-state index in [1.54, 1.807) is 84.9 Å². The number of carbonyl (C=O) groups is 4. The van der Waals surface area contributed by atoms with Gasteiger partial charge in [0.15, 0.2) is 11.6 Å². The van der Waals surface area contributed by atoms with Gasteiger partial charge in [-0.1, -0.05) is 84.9 Å². The maximum atomic E-state index is 13.3. The van der Waals surface area contributed by atoms with E-state index in [4.69, 9.17) is 11.5 Å². The van der Waals surface area contributed by atoms with Gasteiger partial charge >= 0.3 is 0 Å². The fourth-order valence-electron chi connectivity index (χ4n) is 4.34. The Hall–Kier alpha value is -4.84. The van der Waals surface area contributed by atoms with Gasteiger partial charge in [-0.05, 0) is 36.1 Å². The number of nitrogens with two attached hydrogens (primary N) is 2. The van der Waals surface area contributed by atoms with Gasteiger partial charge in [-0.2, -0.15) is 0 Å². The minimum atomic E-state index is -0.670. The van der Waals surface area contributed by atoms with Crippen LogP contribution in [0.25, 0.3) is 0 Å². The van der Waals surface area contributed by atoms with Crippen molar-refractivity contribution in [3.05, 3.63) is 142 Å². The van der Waals surface area contributed by atoms with E-state index in [1.165, 1.54) is 0 Å². The molecule has 0 aromatic heterocycles. The first-order chi connectivity index (χ1) is 17.4. The summed E-state index contributed by atoms with van der Waals surface area (Å²) in [5.74, 6) is -1.84. The fourth-order valence-corrected chi connectivity index (χ4v) is 4.34. The Morgan fingerprint density at radius 3 is 1.11 bits per heavy atom. The molecule has 0 aliphatic heterocycles. The number of amides is 2. The lowest BCUT2D eigenvalue weighted by molar-refractivity contribution is 0.0988. The molecule has 0 bridgehead atoms. The number of carbonyl (C=O) groups excluding carboxylic acids is 4. The van der Waals surface area contributed by atoms with Crippen LogP contribution in [-0.2, 0) is 12.8 Å². The third kappa shape index (κ3) is 4.98. The highest BCUT2D eigenvalue weighted by atomic mass is 16.1. The minimum absolute atomic E-state index is 0.187. The predicted molar refractivity (Wildman–Crippen MR) is 137 cm³/mol. The third-order valence-corrected chi connectivity index (χ3v) is 6.07. The van der Waals surface area contributed by atoms with Gasteiger partial charge in [-0.3, -0.25) is 19.2 Å². The molecule has 0 spiro atoms. The van der Waals surface area contributed by atoms with E-state index in [9.17, 15) is 19.2 Å². The molecule has 0 aliphatic rings. The summed E-state index contributed by atoms with van der Waals surface area (Å²) in [5.41, 5.74) is 14.2. The molecule has 0 heterocycles. The molecule has 0 unspecified atom stereocenters. The molecule has 0 saturated carbocycles. The molecule has 0 fully saturated rings. The minimum Gasteiger partial charge on any atom is -0.366 e. The normalized spacial score (nSPS) is 10.6. The van der Waals surface area contributed by atoms with Crippen molar-refractivity contribution in [1.82, 2.24) is 0 Å². The van der Waals surface area contributed by atoms with Gasteiger partial charge in [-0.25, -0.2) is 0 Å². The van der Waals surface area contributed by atoms with Crippen molar-refractivity contribution in [1.29, 1.82) is 0 Å². The topological polar surface area (TPSA) is 120 Å². The zero-order valence-corrected chi connectivity index (χ0v) is 19.4. The molecule has 4 aromatic carbocycles. The zero-order valence-electron chi connectivity index (χ0n) is 19.4. The number of hydrogen-bond acceptors (Lipinski definition) is 4. The summed E-state index contributed by atoms with van der Waals surface area (Å²) in [4.78, 5) is 51.1. The summed E-state index contributed by atoms with van der Waals surface area (Å²) in [6, 6.07) is 27.1. The Morgan fingerprint density at radius 1 is 0.444 bits per heavy atom. The Bertz CT molecular complexity index is 1350. The molecule has 2 amide bonds. The zero-order chi connectivity index (χ0) is 25.7. The highest BCUT2D eigenvalue weighted by molar-refractivity contribution is 6.12. The Kier molecular flexibility index (Phi) is 7.16. The van der Waals surface area contributed by atoms with Gasteiger partial charge in [0.05, 0.1) is 0 Å². The Balaban J connectivity index is 1.79. The van der Waals surface area contributed by atoms with Crippen LogP contribution >= 0.6 is 0 Å². The van der Waals surface area contributed by atoms with Crippen LogP contribution in [-0.4, -0.2) is 23.4 Å². The van der Waals surface area contributed by atoms with E-state index in [0.29, 0.717) is 33.4 Å². The van der Waals surface area contributed by atoms with Crippen molar-refractivity contribution < 1.29 is 19.2 Å². The van der Waals surface area contributed by atoms with Gasteiger partial charge < -0.3 is 11.5 Å². The third-order valence-electron chi connectivity index (χ3n) is 6.07. The van der Waals surface area contributed by atoms with E-state index in [0.717, 1.165) is 0 Å². The van der Waals surface area contributed by atoms with Crippen LogP contribution in [0.2, 0.25) is 0 Å².